The number of benzene rings is 1. The number of hydrogen-bond donors (Lipinski definition) is 9. The van der Waals surface area contributed by atoms with Crippen molar-refractivity contribution in [3.63, 3.8) is 0 Å². The number of aliphatic hydroxyl groups is 1. The molecule has 0 saturated carbocycles. The molecular formula is C29H41N7O11. The summed E-state index contributed by atoms with van der Waals surface area (Å²) in [5.74, 6) is -7.49. The maximum Gasteiger partial charge on any atom is 0.326 e. The summed E-state index contributed by atoms with van der Waals surface area (Å²) in [7, 11) is 0. The molecule has 1 aliphatic rings. The van der Waals surface area contributed by atoms with Crippen molar-refractivity contribution in [2.45, 2.75) is 75.2 Å². The fourth-order valence-electron chi connectivity index (χ4n) is 4.75. The maximum atomic E-state index is 13.5. The van der Waals surface area contributed by atoms with Gasteiger partial charge in [0.2, 0.25) is 35.4 Å². The van der Waals surface area contributed by atoms with E-state index >= 15 is 0 Å². The summed E-state index contributed by atoms with van der Waals surface area (Å²) in [6.07, 6.45) is -0.646. The van der Waals surface area contributed by atoms with Gasteiger partial charge in [-0.2, -0.15) is 0 Å². The third kappa shape index (κ3) is 12.7. The molecule has 1 saturated heterocycles. The molecule has 0 aromatic heterocycles. The molecule has 1 aliphatic heterocycles. The molecular weight excluding hydrogens is 622 g/mol. The summed E-state index contributed by atoms with van der Waals surface area (Å²) in [4.78, 5) is 99.6. The van der Waals surface area contributed by atoms with Gasteiger partial charge in [-0.15, -0.1) is 0 Å². The summed E-state index contributed by atoms with van der Waals surface area (Å²) in [6, 6.07) is 1.69. The number of nitrogens with zero attached hydrogens (tertiary/aromatic N) is 1. The number of carboxylic acid groups (broad SMARTS) is 2. The van der Waals surface area contributed by atoms with Gasteiger partial charge in [0, 0.05) is 25.8 Å². The van der Waals surface area contributed by atoms with Crippen LogP contribution in [-0.2, 0) is 44.8 Å². The molecule has 1 heterocycles. The van der Waals surface area contributed by atoms with Crippen LogP contribution >= 0.6 is 0 Å². The van der Waals surface area contributed by atoms with Gasteiger partial charge in [0.05, 0.1) is 19.2 Å². The molecule has 18 heteroatoms. The Bertz CT molecular complexity index is 1310. The molecule has 47 heavy (non-hydrogen) atoms. The van der Waals surface area contributed by atoms with E-state index in [1.807, 2.05) is 0 Å². The Kier molecular flexibility index (Phi) is 15.2. The van der Waals surface area contributed by atoms with Crippen LogP contribution < -0.4 is 32.7 Å². The van der Waals surface area contributed by atoms with Gasteiger partial charge >= 0.3 is 11.9 Å². The first kappa shape index (κ1) is 38.1. The highest BCUT2D eigenvalue weighted by Crippen LogP contribution is 2.17. The molecule has 0 radical (unpaired) electrons. The average molecular weight is 664 g/mol. The van der Waals surface area contributed by atoms with Crippen molar-refractivity contribution < 1.29 is 53.7 Å². The van der Waals surface area contributed by atoms with Crippen molar-refractivity contribution in [2.75, 3.05) is 19.7 Å². The Hall–Kier alpha value is -5.10. The fraction of sp³-hybridized carbons (Fsp3) is 0.517. The highest BCUT2D eigenvalue weighted by molar-refractivity contribution is 5.96. The first-order valence-electron chi connectivity index (χ1n) is 14.8. The predicted octanol–water partition coefficient (Wildman–Crippen LogP) is -3.67. The average Bonchev–Trinajstić information content (AvgIpc) is 3.53. The van der Waals surface area contributed by atoms with Crippen LogP contribution in [0.2, 0.25) is 0 Å². The predicted molar refractivity (Wildman–Crippen MR) is 162 cm³/mol. The molecule has 1 fully saturated rings. The molecule has 11 N–H and O–H groups in total. The van der Waals surface area contributed by atoms with Gasteiger partial charge in [-0.05, 0) is 31.2 Å². The van der Waals surface area contributed by atoms with E-state index in [4.69, 9.17) is 16.6 Å². The van der Waals surface area contributed by atoms with Gasteiger partial charge in [0.15, 0.2) is 0 Å². The van der Waals surface area contributed by atoms with Crippen molar-refractivity contribution in [2.24, 2.45) is 11.5 Å². The molecule has 0 spiro atoms. The Labute approximate surface area is 269 Å². The molecule has 6 amide bonds. The summed E-state index contributed by atoms with van der Waals surface area (Å²) in [6.45, 7) is -1.29. The highest BCUT2D eigenvalue weighted by Gasteiger charge is 2.35. The summed E-state index contributed by atoms with van der Waals surface area (Å²) in [5, 5.41) is 37.3. The number of carboxylic acids is 2. The lowest BCUT2D eigenvalue weighted by molar-refractivity contribution is -0.148. The van der Waals surface area contributed by atoms with Crippen LogP contribution in [0.25, 0.3) is 0 Å². The molecule has 0 aliphatic carbocycles. The minimum absolute atomic E-state index is 0.114. The molecule has 1 aromatic carbocycles. The quantitative estimate of drug-likeness (QED) is 0.0692. The summed E-state index contributed by atoms with van der Waals surface area (Å²) in [5.41, 5.74) is 11.5. The van der Waals surface area contributed by atoms with Crippen LogP contribution in [-0.4, -0.2) is 118 Å². The van der Waals surface area contributed by atoms with E-state index in [-0.39, 0.29) is 38.6 Å². The number of carbonyl (C=O) groups excluding carboxylic acids is 6. The Balaban J connectivity index is 2.18. The van der Waals surface area contributed by atoms with Crippen LogP contribution in [0.5, 0.6) is 0 Å². The van der Waals surface area contributed by atoms with E-state index in [9.17, 15) is 48.6 Å². The van der Waals surface area contributed by atoms with E-state index in [1.165, 1.54) is 0 Å². The number of aliphatic carboxylic acids is 2. The SMILES string of the molecule is NC(=O)CC[C@H](NC(=O)[C@H](Cc1ccccc1)NC(=O)[C@H](CO)NC(=O)[C@@H](N)CCC(=O)O)C(=O)NCC(=O)N1CCC[C@H]1C(=O)O. The van der Waals surface area contributed by atoms with Gasteiger partial charge in [-0.1, -0.05) is 30.3 Å². The molecule has 0 unspecified atom stereocenters. The second kappa shape index (κ2) is 18.8. The van der Waals surface area contributed by atoms with Gasteiger partial charge in [0.1, 0.15) is 24.2 Å². The van der Waals surface area contributed by atoms with Crippen molar-refractivity contribution >= 4 is 47.4 Å². The minimum atomic E-state index is -1.58. The standard InChI is InChI=1S/C29H41N7O11/c30-17(8-11-24(40)41)25(42)35-20(15-37)28(45)34-19(13-16-5-2-1-3-6-16)27(44)33-18(9-10-22(31)38)26(43)32-14-23(39)36-12-4-7-21(36)29(46)47/h1-3,5-6,17-21,37H,4,7-15,30H2,(H2,31,38)(H,32,43)(H,33,44)(H,34,45)(H,35,42)(H,40,41)(H,46,47)/t17-,18-,19-,20-,21-/m0/s1. The number of aliphatic hydroxyl groups excluding tert-OH is 1. The smallest absolute Gasteiger partial charge is 0.326 e. The van der Waals surface area contributed by atoms with E-state index in [0.29, 0.717) is 12.0 Å². The van der Waals surface area contributed by atoms with Crippen LogP contribution in [0, 0.1) is 0 Å². The maximum absolute atomic E-state index is 13.5. The number of nitrogens with two attached hydrogens (primary N) is 2. The zero-order valence-electron chi connectivity index (χ0n) is 25.6. The number of nitrogens with one attached hydrogen (secondary N) is 4. The largest absolute Gasteiger partial charge is 0.481 e. The molecule has 5 atom stereocenters. The zero-order chi connectivity index (χ0) is 35.1. The normalized spacial score (nSPS) is 16.6. The molecule has 2 rings (SSSR count). The third-order valence-corrected chi connectivity index (χ3v) is 7.32. The van der Waals surface area contributed by atoms with Crippen LogP contribution in [0.3, 0.4) is 0 Å². The molecule has 18 nitrogen and oxygen atoms in total. The number of rotatable bonds is 19. The second-order valence-electron chi connectivity index (χ2n) is 10.9. The lowest BCUT2D eigenvalue weighted by Gasteiger charge is -2.26. The summed E-state index contributed by atoms with van der Waals surface area (Å²) >= 11 is 0. The van der Waals surface area contributed by atoms with Crippen LogP contribution in [0.1, 0.15) is 44.1 Å². The zero-order valence-corrected chi connectivity index (χ0v) is 25.6. The summed E-state index contributed by atoms with van der Waals surface area (Å²) < 4.78 is 0. The van der Waals surface area contributed by atoms with Gasteiger partial charge in [-0.3, -0.25) is 33.6 Å². The van der Waals surface area contributed by atoms with Crippen molar-refractivity contribution in [3.8, 4) is 0 Å². The van der Waals surface area contributed by atoms with Crippen molar-refractivity contribution in [1.82, 2.24) is 26.2 Å². The Morgan fingerprint density at radius 1 is 0.830 bits per heavy atom. The number of hydrogen-bond acceptors (Lipinski definition) is 10. The Morgan fingerprint density at radius 2 is 1.45 bits per heavy atom. The third-order valence-electron chi connectivity index (χ3n) is 7.32. The van der Waals surface area contributed by atoms with Gasteiger partial charge in [-0.25, -0.2) is 4.79 Å². The monoisotopic (exact) mass is 663 g/mol. The van der Waals surface area contributed by atoms with E-state index in [0.717, 1.165) is 4.90 Å². The van der Waals surface area contributed by atoms with Crippen molar-refractivity contribution in [1.29, 1.82) is 0 Å². The lowest BCUT2D eigenvalue weighted by Crippen LogP contribution is -2.59. The molecule has 0 bridgehead atoms. The van der Waals surface area contributed by atoms with Crippen LogP contribution in [0.15, 0.2) is 30.3 Å². The Morgan fingerprint density at radius 3 is 2.04 bits per heavy atom. The number of amides is 6. The second-order valence-corrected chi connectivity index (χ2v) is 10.9. The van der Waals surface area contributed by atoms with E-state index in [2.05, 4.69) is 21.3 Å². The number of primary amides is 1. The van der Waals surface area contributed by atoms with Gasteiger partial charge < -0.3 is 53.0 Å². The highest BCUT2D eigenvalue weighted by atomic mass is 16.4. The van der Waals surface area contributed by atoms with Gasteiger partial charge in [0.25, 0.3) is 0 Å². The molecule has 1 aromatic rings. The number of carbonyl (C=O) groups is 8. The van der Waals surface area contributed by atoms with Crippen molar-refractivity contribution in [3.05, 3.63) is 35.9 Å². The first-order valence-corrected chi connectivity index (χ1v) is 14.8. The fourth-order valence-corrected chi connectivity index (χ4v) is 4.75. The van der Waals surface area contributed by atoms with E-state index in [1.54, 1.807) is 30.3 Å². The topological polar surface area (TPSA) is 301 Å². The lowest BCUT2D eigenvalue weighted by atomic mass is 10.0. The number of likely N-dealkylation sites (tertiary alicyclic amines) is 1. The minimum Gasteiger partial charge on any atom is -0.481 e. The van der Waals surface area contributed by atoms with E-state index < -0.39 is 97.2 Å². The first-order chi connectivity index (χ1) is 22.2. The molecule has 258 valence electrons. The van der Waals surface area contributed by atoms with Crippen LogP contribution in [0.4, 0.5) is 0 Å².